The SMILES string of the molecule is COc1ccc(-n2nnc(-c3ccccc3NC(=O)c3cccc([N+](=O)[O-])c3)n2)cc1. The van der Waals surface area contributed by atoms with Gasteiger partial charge in [-0.05, 0) is 47.7 Å². The van der Waals surface area contributed by atoms with E-state index in [9.17, 15) is 14.9 Å². The first kappa shape index (κ1) is 19.7. The monoisotopic (exact) mass is 416 g/mol. The van der Waals surface area contributed by atoms with Crippen LogP contribution in [0.1, 0.15) is 10.4 Å². The quantitative estimate of drug-likeness (QED) is 0.377. The Morgan fingerprint density at radius 1 is 1.06 bits per heavy atom. The third-order valence-corrected chi connectivity index (χ3v) is 4.45. The number of carbonyl (C=O) groups excluding carboxylic acids is 1. The molecule has 0 radical (unpaired) electrons. The molecule has 0 unspecified atom stereocenters. The molecule has 1 aromatic heterocycles. The molecular weight excluding hydrogens is 400 g/mol. The van der Waals surface area contributed by atoms with Crippen molar-refractivity contribution in [2.45, 2.75) is 0 Å². The van der Waals surface area contributed by atoms with Crippen molar-refractivity contribution in [1.29, 1.82) is 0 Å². The number of carbonyl (C=O) groups is 1. The third kappa shape index (κ3) is 4.22. The molecule has 31 heavy (non-hydrogen) atoms. The Hall–Kier alpha value is -4.60. The highest BCUT2D eigenvalue weighted by atomic mass is 16.6. The number of ether oxygens (including phenoxy) is 1. The fourth-order valence-electron chi connectivity index (χ4n) is 2.89. The first-order valence-corrected chi connectivity index (χ1v) is 9.15. The highest BCUT2D eigenvalue weighted by Crippen LogP contribution is 2.26. The predicted molar refractivity (Wildman–Crippen MR) is 112 cm³/mol. The maximum Gasteiger partial charge on any atom is 0.270 e. The number of hydrogen-bond donors (Lipinski definition) is 1. The van der Waals surface area contributed by atoms with Crippen LogP contribution in [-0.4, -0.2) is 38.1 Å². The largest absolute Gasteiger partial charge is 0.497 e. The van der Waals surface area contributed by atoms with Crippen molar-refractivity contribution in [2.24, 2.45) is 0 Å². The van der Waals surface area contributed by atoms with Gasteiger partial charge in [-0.15, -0.1) is 15.0 Å². The molecule has 3 aromatic carbocycles. The predicted octanol–water partition coefficient (Wildman–Crippen LogP) is 3.50. The van der Waals surface area contributed by atoms with E-state index in [1.54, 1.807) is 55.6 Å². The summed E-state index contributed by atoms with van der Waals surface area (Å²) in [5.74, 6) is 0.530. The number of amides is 1. The van der Waals surface area contributed by atoms with Crippen molar-refractivity contribution in [1.82, 2.24) is 20.2 Å². The van der Waals surface area contributed by atoms with Gasteiger partial charge in [-0.2, -0.15) is 0 Å². The minimum atomic E-state index is -0.549. The Bertz CT molecular complexity index is 1250. The van der Waals surface area contributed by atoms with Gasteiger partial charge >= 0.3 is 0 Å². The average Bonchev–Trinajstić information content (AvgIpc) is 3.29. The standard InChI is InChI=1S/C21H16N6O4/c1-31-17-11-9-15(10-12-17)26-24-20(23-25-26)18-7-2-3-8-19(18)22-21(28)14-5-4-6-16(13-14)27(29)30/h2-13H,1H3,(H,22,28). The smallest absolute Gasteiger partial charge is 0.270 e. The van der Waals surface area contributed by atoms with Crippen molar-refractivity contribution in [3.05, 3.63) is 88.5 Å². The molecule has 10 nitrogen and oxygen atoms in total. The van der Waals surface area contributed by atoms with Crippen LogP contribution in [0.4, 0.5) is 11.4 Å². The highest BCUT2D eigenvalue weighted by Gasteiger charge is 2.16. The molecule has 1 amide bonds. The van der Waals surface area contributed by atoms with Gasteiger partial charge in [-0.25, -0.2) is 0 Å². The molecule has 0 aliphatic heterocycles. The zero-order valence-corrected chi connectivity index (χ0v) is 16.3. The lowest BCUT2D eigenvalue weighted by atomic mass is 10.1. The average molecular weight is 416 g/mol. The maximum atomic E-state index is 12.7. The lowest BCUT2D eigenvalue weighted by Gasteiger charge is -2.08. The lowest BCUT2D eigenvalue weighted by Crippen LogP contribution is -2.13. The van der Waals surface area contributed by atoms with Gasteiger partial charge in [0.15, 0.2) is 0 Å². The van der Waals surface area contributed by atoms with E-state index in [1.165, 1.54) is 29.1 Å². The first-order valence-electron chi connectivity index (χ1n) is 9.15. The summed E-state index contributed by atoms with van der Waals surface area (Å²) in [6, 6.07) is 19.6. The second-order valence-corrected chi connectivity index (χ2v) is 6.41. The van der Waals surface area contributed by atoms with Gasteiger partial charge in [0.2, 0.25) is 5.82 Å². The van der Waals surface area contributed by atoms with Crippen molar-refractivity contribution in [3.63, 3.8) is 0 Å². The molecule has 4 aromatic rings. The Kier molecular flexibility index (Phi) is 5.35. The summed E-state index contributed by atoms with van der Waals surface area (Å²) in [4.78, 5) is 24.4. The number of hydrogen-bond acceptors (Lipinski definition) is 7. The summed E-state index contributed by atoms with van der Waals surface area (Å²) >= 11 is 0. The van der Waals surface area contributed by atoms with Crippen molar-refractivity contribution < 1.29 is 14.5 Å². The van der Waals surface area contributed by atoms with Gasteiger partial charge in [-0.3, -0.25) is 14.9 Å². The van der Waals surface area contributed by atoms with Crippen LogP contribution < -0.4 is 10.1 Å². The van der Waals surface area contributed by atoms with E-state index in [0.717, 1.165) is 0 Å². The molecule has 0 saturated carbocycles. The summed E-state index contributed by atoms with van der Waals surface area (Å²) in [6.45, 7) is 0. The molecule has 0 aliphatic rings. The summed E-state index contributed by atoms with van der Waals surface area (Å²) in [7, 11) is 1.58. The minimum absolute atomic E-state index is 0.162. The van der Waals surface area contributed by atoms with Gasteiger partial charge in [0.05, 0.1) is 23.4 Å². The number of para-hydroxylation sites is 1. The van der Waals surface area contributed by atoms with Gasteiger partial charge in [-0.1, -0.05) is 18.2 Å². The number of aromatic nitrogens is 4. The number of rotatable bonds is 6. The third-order valence-electron chi connectivity index (χ3n) is 4.45. The molecule has 0 saturated heterocycles. The topological polar surface area (TPSA) is 125 Å². The van der Waals surface area contributed by atoms with Gasteiger partial charge < -0.3 is 10.1 Å². The summed E-state index contributed by atoms with van der Waals surface area (Å²) in [5, 5.41) is 26.3. The van der Waals surface area contributed by atoms with Crippen molar-refractivity contribution in [3.8, 4) is 22.8 Å². The fourth-order valence-corrected chi connectivity index (χ4v) is 2.89. The number of benzene rings is 3. The van der Waals surface area contributed by atoms with E-state index >= 15 is 0 Å². The van der Waals surface area contributed by atoms with Crippen LogP contribution in [0.5, 0.6) is 5.75 Å². The second-order valence-electron chi connectivity index (χ2n) is 6.41. The first-order chi connectivity index (χ1) is 15.0. The Labute approximate surface area is 176 Å². The number of non-ortho nitro benzene ring substituents is 1. The number of nitrogens with zero attached hydrogens (tertiary/aromatic N) is 5. The number of nitrogens with one attached hydrogen (secondary N) is 1. The fraction of sp³-hybridized carbons (Fsp3) is 0.0476. The zero-order chi connectivity index (χ0) is 21.8. The van der Waals surface area contributed by atoms with Gasteiger partial charge in [0.25, 0.3) is 11.6 Å². The van der Waals surface area contributed by atoms with Crippen LogP contribution in [0.3, 0.4) is 0 Å². The number of tetrazole rings is 1. The Morgan fingerprint density at radius 3 is 2.58 bits per heavy atom. The van der Waals surface area contributed by atoms with E-state index < -0.39 is 10.8 Å². The van der Waals surface area contributed by atoms with Crippen LogP contribution in [0, 0.1) is 10.1 Å². The molecule has 4 rings (SSSR count). The molecule has 0 aliphatic carbocycles. The van der Waals surface area contributed by atoms with E-state index in [4.69, 9.17) is 4.74 Å². The van der Waals surface area contributed by atoms with Crippen molar-refractivity contribution in [2.75, 3.05) is 12.4 Å². The summed E-state index contributed by atoms with van der Waals surface area (Å²) < 4.78 is 5.15. The number of anilines is 1. The van der Waals surface area contributed by atoms with E-state index in [-0.39, 0.29) is 11.3 Å². The number of nitro groups is 1. The van der Waals surface area contributed by atoms with Crippen LogP contribution in [-0.2, 0) is 0 Å². The normalized spacial score (nSPS) is 10.5. The van der Waals surface area contributed by atoms with E-state index in [1.807, 2.05) is 0 Å². The lowest BCUT2D eigenvalue weighted by molar-refractivity contribution is -0.384. The molecular formula is C21H16N6O4. The molecule has 154 valence electrons. The molecule has 0 bridgehead atoms. The molecule has 0 atom stereocenters. The second kappa shape index (κ2) is 8.41. The molecule has 1 N–H and O–H groups in total. The Balaban J connectivity index is 1.60. The molecule has 0 fully saturated rings. The maximum absolute atomic E-state index is 12.7. The van der Waals surface area contributed by atoms with Crippen LogP contribution in [0.2, 0.25) is 0 Å². The van der Waals surface area contributed by atoms with Gasteiger partial charge in [0, 0.05) is 23.3 Å². The van der Waals surface area contributed by atoms with Crippen LogP contribution in [0.15, 0.2) is 72.8 Å². The zero-order valence-electron chi connectivity index (χ0n) is 16.3. The van der Waals surface area contributed by atoms with Gasteiger partial charge in [0.1, 0.15) is 5.75 Å². The van der Waals surface area contributed by atoms with Crippen LogP contribution >= 0.6 is 0 Å². The highest BCUT2D eigenvalue weighted by molar-refractivity contribution is 6.06. The van der Waals surface area contributed by atoms with Crippen LogP contribution in [0.25, 0.3) is 17.1 Å². The number of methoxy groups -OCH3 is 1. The molecule has 10 heteroatoms. The van der Waals surface area contributed by atoms with E-state index in [0.29, 0.717) is 28.5 Å². The van der Waals surface area contributed by atoms with E-state index in [2.05, 4.69) is 20.7 Å². The number of nitro benzene ring substituents is 1. The Morgan fingerprint density at radius 2 is 1.84 bits per heavy atom. The molecule has 0 spiro atoms. The van der Waals surface area contributed by atoms with Crippen molar-refractivity contribution >= 4 is 17.3 Å². The summed E-state index contributed by atoms with van der Waals surface area (Å²) in [6.07, 6.45) is 0. The summed E-state index contributed by atoms with van der Waals surface area (Å²) in [5.41, 5.74) is 1.70. The minimum Gasteiger partial charge on any atom is -0.497 e. The molecule has 1 heterocycles.